The minimum Gasteiger partial charge on any atom is -0.497 e. The number of rotatable bonds is 5. The highest BCUT2D eigenvalue weighted by Gasteiger charge is 2.12. The first-order valence-electron chi connectivity index (χ1n) is 6.40. The van der Waals surface area contributed by atoms with Gasteiger partial charge in [0.05, 0.1) is 17.8 Å². The fourth-order valence-electron chi connectivity index (χ4n) is 2.10. The lowest BCUT2D eigenvalue weighted by Crippen LogP contribution is -2.19. The molecule has 2 aromatic rings. The highest BCUT2D eigenvalue weighted by atomic mass is 32.1. The average molecular weight is 276 g/mol. The van der Waals surface area contributed by atoms with Gasteiger partial charge in [0.2, 0.25) is 0 Å². The van der Waals surface area contributed by atoms with Gasteiger partial charge in [-0.15, -0.1) is 11.3 Å². The molecule has 1 aromatic carbocycles. The minimum absolute atomic E-state index is 0.260. The Morgan fingerprint density at radius 2 is 2.16 bits per heavy atom. The Hall–Kier alpha value is -1.39. The van der Waals surface area contributed by atoms with Crippen molar-refractivity contribution < 1.29 is 4.74 Å². The summed E-state index contributed by atoms with van der Waals surface area (Å²) in [7, 11) is 1.69. The molecular formula is C15H20N2OS. The van der Waals surface area contributed by atoms with Crippen LogP contribution in [-0.4, -0.2) is 12.1 Å². The molecule has 0 aliphatic rings. The molecule has 1 unspecified atom stereocenters. The van der Waals surface area contributed by atoms with E-state index in [9.17, 15) is 0 Å². The van der Waals surface area contributed by atoms with Crippen LogP contribution in [-0.2, 0) is 6.54 Å². The second-order valence-electron chi connectivity index (χ2n) is 4.63. The second-order valence-corrected chi connectivity index (χ2v) is 6.04. The number of hydrogen-bond donors (Lipinski definition) is 1. The zero-order valence-corrected chi connectivity index (χ0v) is 12.7. The topological polar surface area (TPSA) is 34.1 Å². The van der Waals surface area contributed by atoms with E-state index in [-0.39, 0.29) is 6.04 Å². The first-order valence-corrected chi connectivity index (χ1v) is 7.22. The molecule has 2 rings (SSSR count). The smallest absolute Gasteiger partial charge is 0.119 e. The van der Waals surface area contributed by atoms with Crippen LogP contribution in [0.15, 0.2) is 24.3 Å². The summed E-state index contributed by atoms with van der Waals surface area (Å²) in [5, 5.41) is 4.64. The lowest BCUT2D eigenvalue weighted by atomic mass is 10.1. The maximum absolute atomic E-state index is 5.23. The Balaban J connectivity index is 2.00. The van der Waals surface area contributed by atoms with Gasteiger partial charge >= 0.3 is 0 Å². The van der Waals surface area contributed by atoms with Crippen molar-refractivity contribution in [2.24, 2.45) is 0 Å². The van der Waals surface area contributed by atoms with Crippen LogP contribution in [0.5, 0.6) is 5.75 Å². The monoisotopic (exact) mass is 276 g/mol. The van der Waals surface area contributed by atoms with Crippen LogP contribution in [0.2, 0.25) is 0 Å². The Morgan fingerprint density at radius 3 is 2.79 bits per heavy atom. The van der Waals surface area contributed by atoms with Gasteiger partial charge in [-0.3, -0.25) is 0 Å². The first-order chi connectivity index (χ1) is 9.10. The van der Waals surface area contributed by atoms with Crippen LogP contribution in [0.25, 0.3) is 0 Å². The highest BCUT2D eigenvalue weighted by molar-refractivity contribution is 7.11. The van der Waals surface area contributed by atoms with E-state index < -0.39 is 0 Å². The predicted molar refractivity (Wildman–Crippen MR) is 79.8 cm³/mol. The van der Waals surface area contributed by atoms with Gasteiger partial charge in [0.1, 0.15) is 5.75 Å². The summed E-state index contributed by atoms with van der Waals surface area (Å²) in [6.07, 6.45) is 0. The van der Waals surface area contributed by atoms with E-state index in [1.165, 1.54) is 10.4 Å². The van der Waals surface area contributed by atoms with Crippen molar-refractivity contribution in [2.45, 2.75) is 33.4 Å². The van der Waals surface area contributed by atoms with Crippen LogP contribution in [0, 0.1) is 13.8 Å². The fraction of sp³-hybridized carbons (Fsp3) is 0.400. The maximum Gasteiger partial charge on any atom is 0.119 e. The van der Waals surface area contributed by atoms with Crippen molar-refractivity contribution in [3.05, 3.63) is 45.4 Å². The molecule has 0 aliphatic heterocycles. The third-order valence-corrected chi connectivity index (χ3v) is 4.00. The Bertz CT molecular complexity index is 551. The van der Waals surface area contributed by atoms with E-state index in [2.05, 4.69) is 43.2 Å². The summed E-state index contributed by atoms with van der Waals surface area (Å²) < 4.78 is 5.23. The Kier molecular flexibility index (Phi) is 4.56. The first kappa shape index (κ1) is 14.0. The molecule has 3 nitrogen and oxygen atoms in total. The second kappa shape index (κ2) is 6.17. The third kappa shape index (κ3) is 3.55. The zero-order valence-electron chi connectivity index (χ0n) is 11.9. The molecule has 0 radical (unpaired) electrons. The Morgan fingerprint density at radius 1 is 1.37 bits per heavy atom. The molecule has 1 heterocycles. The van der Waals surface area contributed by atoms with E-state index in [4.69, 9.17) is 4.74 Å². The normalized spacial score (nSPS) is 12.4. The SMILES string of the molecule is COc1cccc(CNC(C)c2nc(C)sc2C)c1. The van der Waals surface area contributed by atoms with Crippen molar-refractivity contribution >= 4 is 11.3 Å². The third-order valence-electron chi connectivity index (χ3n) is 3.10. The van der Waals surface area contributed by atoms with Crippen molar-refractivity contribution in [1.82, 2.24) is 10.3 Å². The molecule has 19 heavy (non-hydrogen) atoms. The lowest BCUT2D eigenvalue weighted by Gasteiger charge is -2.13. The largest absolute Gasteiger partial charge is 0.497 e. The van der Waals surface area contributed by atoms with E-state index in [1.54, 1.807) is 18.4 Å². The molecule has 0 spiro atoms. The van der Waals surface area contributed by atoms with Gasteiger partial charge in [0, 0.05) is 17.5 Å². The summed E-state index contributed by atoms with van der Waals surface area (Å²) in [6, 6.07) is 8.39. The van der Waals surface area contributed by atoms with Crippen molar-refractivity contribution in [3.63, 3.8) is 0 Å². The molecule has 1 aromatic heterocycles. The molecule has 1 atom stereocenters. The van der Waals surface area contributed by atoms with Crippen molar-refractivity contribution in [1.29, 1.82) is 0 Å². The molecule has 0 saturated carbocycles. The van der Waals surface area contributed by atoms with Crippen molar-refractivity contribution in [3.8, 4) is 5.75 Å². The van der Waals surface area contributed by atoms with Gasteiger partial charge in [0.15, 0.2) is 0 Å². The van der Waals surface area contributed by atoms with Crippen LogP contribution < -0.4 is 10.1 Å². The number of methoxy groups -OCH3 is 1. The number of aryl methyl sites for hydroxylation is 2. The molecule has 0 bridgehead atoms. The molecule has 0 amide bonds. The van der Waals surface area contributed by atoms with E-state index >= 15 is 0 Å². The average Bonchev–Trinajstić information content (AvgIpc) is 2.75. The highest BCUT2D eigenvalue weighted by Crippen LogP contribution is 2.23. The molecule has 4 heteroatoms. The van der Waals surface area contributed by atoms with Gasteiger partial charge in [-0.05, 0) is 38.5 Å². The standard InChI is InChI=1S/C15H20N2OS/c1-10(15-11(2)19-12(3)17-15)16-9-13-6-5-7-14(8-13)18-4/h5-8,10,16H,9H2,1-4H3. The van der Waals surface area contributed by atoms with Crippen molar-refractivity contribution in [2.75, 3.05) is 7.11 Å². The van der Waals surface area contributed by atoms with Crippen LogP contribution in [0.1, 0.15) is 34.1 Å². The summed E-state index contributed by atoms with van der Waals surface area (Å²) in [6.45, 7) is 7.15. The van der Waals surface area contributed by atoms with Gasteiger partial charge in [0.25, 0.3) is 0 Å². The molecular weight excluding hydrogens is 256 g/mol. The van der Waals surface area contributed by atoms with Gasteiger partial charge < -0.3 is 10.1 Å². The fourth-order valence-corrected chi connectivity index (χ4v) is 3.01. The number of benzene rings is 1. The van der Waals surface area contributed by atoms with E-state index in [0.717, 1.165) is 23.0 Å². The minimum atomic E-state index is 0.260. The molecule has 0 fully saturated rings. The number of aromatic nitrogens is 1. The summed E-state index contributed by atoms with van der Waals surface area (Å²) in [5.41, 5.74) is 2.38. The van der Waals surface area contributed by atoms with Gasteiger partial charge in [-0.1, -0.05) is 12.1 Å². The van der Waals surface area contributed by atoms with E-state index in [0.29, 0.717) is 0 Å². The molecule has 1 N–H and O–H groups in total. The number of thiazole rings is 1. The molecule has 0 aliphatic carbocycles. The summed E-state index contributed by atoms with van der Waals surface area (Å²) in [4.78, 5) is 5.88. The van der Waals surface area contributed by atoms with E-state index in [1.807, 2.05) is 12.1 Å². The van der Waals surface area contributed by atoms with Gasteiger partial charge in [-0.2, -0.15) is 0 Å². The van der Waals surface area contributed by atoms with Gasteiger partial charge in [-0.25, -0.2) is 4.98 Å². The molecule has 102 valence electrons. The number of nitrogens with zero attached hydrogens (tertiary/aromatic N) is 1. The van der Waals surface area contributed by atoms with Crippen LogP contribution in [0.3, 0.4) is 0 Å². The lowest BCUT2D eigenvalue weighted by molar-refractivity contribution is 0.414. The van der Waals surface area contributed by atoms with Crippen LogP contribution >= 0.6 is 11.3 Å². The summed E-state index contributed by atoms with van der Waals surface area (Å²) >= 11 is 1.75. The number of hydrogen-bond acceptors (Lipinski definition) is 4. The number of ether oxygens (including phenoxy) is 1. The quantitative estimate of drug-likeness (QED) is 0.905. The zero-order chi connectivity index (χ0) is 13.8. The molecule has 0 saturated heterocycles. The number of nitrogens with one attached hydrogen (secondary N) is 1. The summed E-state index contributed by atoms with van der Waals surface area (Å²) in [5.74, 6) is 0.896. The van der Waals surface area contributed by atoms with Crippen LogP contribution in [0.4, 0.5) is 0 Å². The Labute approximate surface area is 118 Å². The maximum atomic E-state index is 5.23. The predicted octanol–water partition coefficient (Wildman–Crippen LogP) is 3.62.